The highest BCUT2D eigenvalue weighted by atomic mass is 35.5. The number of ether oxygens (including phenoxy) is 3. The molecule has 2 rings (SSSR count). The van der Waals surface area contributed by atoms with Crippen molar-refractivity contribution in [3.63, 3.8) is 0 Å². The van der Waals surface area contributed by atoms with Gasteiger partial charge in [-0.25, -0.2) is 14.6 Å². The van der Waals surface area contributed by atoms with E-state index < -0.39 is 17.7 Å². The van der Waals surface area contributed by atoms with Crippen molar-refractivity contribution in [2.24, 2.45) is 0 Å². The molecule has 0 aliphatic rings. The maximum absolute atomic E-state index is 12.5. The third-order valence-corrected chi connectivity index (χ3v) is 4.17. The van der Waals surface area contributed by atoms with Gasteiger partial charge in [-0.1, -0.05) is 11.6 Å². The van der Waals surface area contributed by atoms with Crippen molar-refractivity contribution >= 4 is 34.7 Å². The summed E-state index contributed by atoms with van der Waals surface area (Å²) in [6.07, 6.45) is -0.539. The van der Waals surface area contributed by atoms with E-state index in [9.17, 15) is 9.59 Å². The summed E-state index contributed by atoms with van der Waals surface area (Å²) in [7, 11) is 0. The van der Waals surface area contributed by atoms with Crippen LogP contribution in [0.2, 0.25) is 5.15 Å². The first-order chi connectivity index (χ1) is 13.6. The van der Waals surface area contributed by atoms with Gasteiger partial charge in [0.1, 0.15) is 16.9 Å². The molecule has 0 aliphatic heterocycles. The Bertz CT molecular complexity index is 888. The summed E-state index contributed by atoms with van der Waals surface area (Å²) in [6.45, 7) is 11.7. The van der Waals surface area contributed by atoms with E-state index in [4.69, 9.17) is 25.8 Å². The van der Waals surface area contributed by atoms with Gasteiger partial charge in [-0.2, -0.15) is 0 Å². The van der Waals surface area contributed by atoms with Crippen LogP contribution in [-0.4, -0.2) is 47.0 Å². The molecule has 1 N–H and O–H groups in total. The van der Waals surface area contributed by atoms with Gasteiger partial charge in [-0.15, -0.1) is 0 Å². The second-order valence-corrected chi connectivity index (χ2v) is 7.83. The van der Waals surface area contributed by atoms with E-state index >= 15 is 0 Å². The largest absolute Gasteiger partial charge is 0.491 e. The number of alkyl carbamates (subject to hydrolysis) is 1. The summed E-state index contributed by atoms with van der Waals surface area (Å²) in [4.78, 5) is 28.9. The molecular formula is C20H28ClN3O5. The number of carbonyl (C=O) groups is 2. The van der Waals surface area contributed by atoms with Crippen molar-refractivity contribution in [1.82, 2.24) is 14.9 Å². The van der Waals surface area contributed by atoms with Gasteiger partial charge < -0.3 is 24.1 Å². The molecule has 8 nitrogen and oxygen atoms in total. The van der Waals surface area contributed by atoms with E-state index in [1.165, 1.54) is 0 Å². The number of nitrogens with one attached hydrogen (secondary N) is 1. The lowest BCUT2D eigenvalue weighted by Crippen LogP contribution is -2.35. The van der Waals surface area contributed by atoms with E-state index in [0.29, 0.717) is 29.1 Å². The second-order valence-electron chi connectivity index (χ2n) is 7.48. The Morgan fingerprint density at radius 3 is 2.52 bits per heavy atom. The van der Waals surface area contributed by atoms with Gasteiger partial charge in [0, 0.05) is 11.9 Å². The first kappa shape index (κ1) is 22.8. The quantitative estimate of drug-likeness (QED) is 0.523. The third-order valence-electron chi connectivity index (χ3n) is 3.90. The van der Waals surface area contributed by atoms with Crippen LogP contribution in [-0.2, 0) is 9.47 Å². The zero-order chi connectivity index (χ0) is 21.8. The number of rotatable bonds is 7. The SMILES string of the molecule is CCOC(=O)c1cc2cc(OCC)c(Cl)nc2n1C(C)CNC(=O)OC(C)(C)C. The summed E-state index contributed by atoms with van der Waals surface area (Å²) in [5, 5.41) is 3.60. The van der Waals surface area contributed by atoms with Crippen LogP contribution in [0.25, 0.3) is 11.0 Å². The van der Waals surface area contributed by atoms with Gasteiger partial charge in [0.2, 0.25) is 0 Å². The summed E-state index contributed by atoms with van der Waals surface area (Å²) in [6, 6.07) is 3.10. The van der Waals surface area contributed by atoms with Crippen LogP contribution in [0.15, 0.2) is 12.1 Å². The van der Waals surface area contributed by atoms with Crippen molar-refractivity contribution in [1.29, 1.82) is 0 Å². The Kier molecular flexibility index (Phi) is 7.35. The van der Waals surface area contributed by atoms with Crippen molar-refractivity contribution in [3.8, 4) is 5.75 Å². The van der Waals surface area contributed by atoms with Crippen LogP contribution >= 0.6 is 11.6 Å². The van der Waals surface area contributed by atoms with Gasteiger partial charge in [0.25, 0.3) is 0 Å². The Balaban J connectivity index is 2.40. The first-order valence-corrected chi connectivity index (χ1v) is 9.93. The number of carbonyl (C=O) groups excluding carboxylic acids is 2. The van der Waals surface area contributed by atoms with E-state index in [1.807, 2.05) is 13.8 Å². The molecule has 1 atom stereocenters. The molecule has 2 aromatic rings. The van der Waals surface area contributed by atoms with Crippen LogP contribution in [0.4, 0.5) is 4.79 Å². The number of nitrogens with zero attached hydrogens (tertiary/aromatic N) is 2. The highest BCUT2D eigenvalue weighted by Crippen LogP contribution is 2.31. The monoisotopic (exact) mass is 425 g/mol. The van der Waals surface area contributed by atoms with Crippen LogP contribution < -0.4 is 10.1 Å². The maximum atomic E-state index is 12.5. The lowest BCUT2D eigenvalue weighted by Gasteiger charge is -2.22. The number of pyridine rings is 1. The third kappa shape index (κ3) is 5.76. The molecule has 0 aromatic carbocycles. The molecule has 0 radical (unpaired) electrons. The van der Waals surface area contributed by atoms with Gasteiger partial charge in [-0.3, -0.25) is 0 Å². The summed E-state index contributed by atoms with van der Waals surface area (Å²) >= 11 is 6.25. The molecule has 2 aromatic heterocycles. The molecule has 9 heteroatoms. The van der Waals surface area contributed by atoms with Gasteiger partial charge in [0.15, 0.2) is 10.9 Å². The lowest BCUT2D eigenvalue weighted by molar-refractivity contribution is 0.0511. The average Bonchev–Trinajstić information content (AvgIpc) is 2.97. The number of fused-ring (bicyclic) bond motifs is 1. The number of hydrogen-bond donors (Lipinski definition) is 1. The second kappa shape index (κ2) is 9.35. The topological polar surface area (TPSA) is 91.7 Å². The number of esters is 1. The number of aromatic nitrogens is 2. The number of halogens is 1. The first-order valence-electron chi connectivity index (χ1n) is 9.55. The minimum atomic E-state index is -0.603. The van der Waals surface area contributed by atoms with Crippen LogP contribution in [0, 0.1) is 0 Å². The molecule has 0 saturated carbocycles. The molecular weight excluding hydrogens is 398 g/mol. The van der Waals surface area contributed by atoms with E-state index in [0.717, 1.165) is 0 Å². The zero-order valence-corrected chi connectivity index (χ0v) is 18.4. The fraction of sp³-hybridized carbons (Fsp3) is 0.550. The Morgan fingerprint density at radius 2 is 1.93 bits per heavy atom. The van der Waals surface area contributed by atoms with E-state index in [2.05, 4.69) is 10.3 Å². The maximum Gasteiger partial charge on any atom is 0.407 e. The molecule has 0 fully saturated rings. The normalized spacial score (nSPS) is 12.5. The zero-order valence-electron chi connectivity index (χ0n) is 17.7. The van der Waals surface area contributed by atoms with E-state index in [1.54, 1.807) is 44.4 Å². The van der Waals surface area contributed by atoms with Crippen LogP contribution in [0.3, 0.4) is 0 Å². The Hall–Kier alpha value is -2.48. The van der Waals surface area contributed by atoms with Crippen molar-refractivity contribution in [3.05, 3.63) is 23.0 Å². The van der Waals surface area contributed by atoms with Crippen LogP contribution in [0.5, 0.6) is 5.75 Å². The Labute approximate surface area is 175 Å². The fourth-order valence-electron chi connectivity index (χ4n) is 2.81. The minimum Gasteiger partial charge on any atom is -0.491 e. The summed E-state index contributed by atoms with van der Waals surface area (Å²) in [5.41, 5.74) is 0.214. The van der Waals surface area contributed by atoms with Crippen molar-refractivity contribution in [2.75, 3.05) is 19.8 Å². The predicted octanol–water partition coefficient (Wildman–Crippen LogP) is 4.35. The highest BCUT2D eigenvalue weighted by Gasteiger charge is 2.24. The van der Waals surface area contributed by atoms with Gasteiger partial charge >= 0.3 is 12.1 Å². The van der Waals surface area contributed by atoms with Gasteiger partial charge in [-0.05, 0) is 53.7 Å². The molecule has 0 aliphatic carbocycles. The minimum absolute atomic E-state index is 0.196. The molecule has 29 heavy (non-hydrogen) atoms. The average molecular weight is 426 g/mol. The number of amides is 1. The van der Waals surface area contributed by atoms with Gasteiger partial charge in [0.05, 0.1) is 19.3 Å². The van der Waals surface area contributed by atoms with Crippen molar-refractivity contribution < 1.29 is 23.8 Å². The summed E-state index contributed by atoms with van der Waals surface area (Å²) in [5.74, 6) is -0.0440. The smallest absolute Gasteiger partial charge is 0.407 e. The lowest BCUT2D eigenvalue weighted by atomic mass is 10.2. The molecule has 1 unspecified atom stereocenters. The molecule has 2 heterocycles. The molecule has 0 saturated heterocycles. The summed E-state index contributed by atoms with van der Waals surface area (Å²) < 4.78 is 17.6. The highest BCUT2D eigenvalue weighted by molar-refractivity contribution is 6.31. The van der Waals surface area contributed by atoms with Crippen molar-refractivity contribution in [2.45, 2.75) is 53.2 Å². The molecule has 0 bridgehead atoms. The Morgan fingerprint density at radius 1 is 1.24 bits per heavy atom. The molecule has 0 spiro atoms. The standard InChI is InChI=1S/C20H28ClN3O5/c1-7-27-15-10-13-9-14(18(25)28-8-2)24(17(13)23-16(15)21)12(3)11-22-19(26)29-20(4,5)6/h9-10,12H,7-8,11H2,1-6H3,(H,22,26). The van der Waals surface area contributed by atoms with E-state index in [-0.39, 0.29) is 24.3 Å². The molecule has 160 valence electrons. The predicted molar refractivity (Wildman–Crippen MR) is 111 cm³/mol. The number of hydrogen-bond acceptors (Lipinski definition) is 6. The van der Waals surface area contributed by atoms with Crippen LogP contribution in [0.1, 0.15) is 58.1 Å². The fourth-order valence-corrected chi connectivity index (χ4v) is 3.00. The molecule has 1 amide bonds.